The first-order valence-corrected chi connectivity index (χ1v) is 7.60. The third kappa shape index (κ3) is 2.11. The van der Waals surface area contributed by atoms with Crippen LogP contribution in [0.1, 0.15) is 29.9 Å². The highest BCUT2D eigenvalue weighted by molar-refractivity contribution is 5.92. The lowest BCUT2D eigenvalue weighted by atomic mass is 9.93. The number of H-pyrrole nitrogens is 1. The van der Waals surface area contributed by atoms with Crippen molar-refractivity contribution in [3.05, 3.63) is 40.4 Å². The van der Waals surface area contributed by atoms with E-state index in [-0.39, 0.29) is 35.4 Å². The lowest BCUT2D eigenvalue weighted by Crippen LogP contribution is -2.43. The lowest BCUT2D eigenvalue weighted by Gasteiger charge is -2.26. The summed E-state index contributed by atoms with van der Waals surface area (Å²) in [6.45, 7) is 0. The van der Waals surface area contributed by atoms with Gasteiger partial charge in [0.1, 0.15) is 0 Å². The Morgan fingerprint density at radius 3 is 2.86 bits per heavy atom. The molecule has 1 amide bonds. The maximum atomic E-state index is 12.4. The summed E-state index contributed by atoms with van der Waals surface area (Å²) in [5.41, 5.74) is 0.188. The molecule has 22 heavy (non-hydrogen) atoms. The summed E-state index contributed by atoms with van der Waals surface area (Å²) in [6.07, 6.45) is 2.37. The number of carbonyl (C=O) groups excluding carboxylic acids is 1. The Morgan fingerprint density at radius 1 is 1.27 bits per heavy atom. The molecule has 0 unspecified atom stereocenters. The first-order valence-electron chi connectivity index (χ1n) is 7.60. The van der Waals surface area contributed by atoms with Gasteiger partial charge in [0.05, 0.1) is 17.0 Å². The Morgan fingerprint density at radius 2 is 2.09 bits per heavy atom. The van der Waals surface area contributed by atoms with Gasteiger partial charge in [-0.1, -0.05) is 12.1 Å². The summed E-state index contributed by atoms with van der Waals surface area (Å²) in [7, 11) is 0. The fourth-order valence-corrected chi connectivity index (χ4v) is 3.91. The van der Waals surface area contributed by atoms with E-state index >= 15 is 0 Å². The summed E-state index contributed by atoms with van der Waals surface area (Å²) in [5, 5.41) is 13.3. The number of benzene rings is 1. The van der Waals surface area contributed by atoms with Crippen LogP contribution in [0.3, 0.4) is 0 Å². The molecule has 2 aliphatic carbocycles. The number of aliphatic hydroxyl groups excluding tert-OH is 1. The molecule has 0 aliphatic heterocycles. The minimum Gasteiger partial charge on any atom is -0.393 e. The predicted molar refractivity (Wildman–Crippen MR) is 80.5 cm³/mol. The summed E-state index contributed by atoms with van der Waals surface area (Å²) in [6, 6.07) is 6.90. The van der Waals surface area contributed by atoms with Crippen LogP contribution in [0.15, 0.2) is 29.1 Å². The number of carbonyl (C=O) groups is 1. The van der Waals surface area contributed by atoms with Crippen LogP contribution in [-0.2, 0) is 0 Å². The number of para-hydroxylation sites is 1. The number of rotatable bonds is 2. The first-order chi connectivity index (χ1) is 10.6. The zero-order chi connectivity index (χ0) is 15.3. The number of nitrogens with zero attached hydrogens (tertiary/aromatic N) is 1. The molecule has 0 spiro atoms. The van der Waals surface area contributed by atoms with Crippen molar-refractivity contribution < 1.29 is 9.90 Å². The molecule has 6 nitrogen and oxygen atoms in total. The highest BCUT2D eigenvalue weighted by Gasteiger charge is 2.46. The minimum atomic E-state index is -0.382. The molecule has 114 valence electrons. The van der Waals surface area contributed by atoms with Crippen molar-refractivity contribution in [1.29, 1.82) is 0 Å². The molecular formula is C16H17N3O3. The molecule has 4 atom stereocenters. The van der Waals surface area contributed by atoms with E-state index in [2.05, 4.69) is 15.3 Å². The van der Waals surface area contributed by atoms with Crippen LogP contribution in [0.4, 0.5) is 0 Å². The van der Waals surface area contributed by atoms with Crippen LogP contribution in [0.2, 0.25) is 0 Å². The van der Waals surface area contributed by atoms with E-state index in [1.54, 1.807) is 24.3 Å². The standard InChI is InChI=1S/C16H17N3O3/c20-13-7-8-5-10(13)12(6-8)18-16(22)14-17-11-4-2-1-3-9(11)15(21)19-14/h1-4,8,10,12-13,20H,5-7H2,(H,18,22)(H,17,19,21)/t8-,10+,12-,13+/m0/s1. The van der Waals surface area contributed by atoms with Crippen molar-refractivity contribution in [2.24, 2.45) is 11.8 Å². The van der Waals surface area contributed by atoms with E-state index in [9.17, 15) is 14.7 Å². The highest BCUT2D eigenvalue weighted by atomic mass is 16.3. The quantitative estimate of drug-likeness (QED) is 0.765. The second kappa shape index (κ2) is 4.91. The fraction of sp³-hybridized carbons (Fsp3) is 0.438. The molecule has 4 rings (SSSR count). The van der Waals surface area contributed by atoms with Gasteiger partial charge in [0.2, 0.25) is 0 Å². The molecule has 2 aromatic rings. The predicted octanol–water partition coefficient (Wildman–Crippen LogP) is 0.812. The minimum absolute atomic E-state index is 0.0287. The van der Waals surface area contributed by atoms with Crippen molar-refractivity contribution in [3.63, 3.8) is 0 Å². The number of fused-ring (bicyclic) bond motifs is 3. The van der Waals surface area contributed by atoms with Gasteiger partial charge in [-0.3, -0.25) is 9.59 Å². The van der Waals surface area contributed by atoms with Gasteiger partial charge in [0.25, 0.3) is 11.5 Å². The molecule has 6 heteroatoms. The van der Waals surface area contributed by atoms with E-state index in [0.29, 0.717) is 16.8 Å². The fourth-order valence-electron chi connectivity index (χ4n) is 3.91. The van der Waals surface area contributed by atoms with Gasteiger partial charge in [0.15, 0.2) is 5.82 Å². The molecule has 2 fully saturated rings. The van der Waals surface area contributed by atoms with Crippen LogP contribution in [0, 0.1) is 11.8 Å². The third-order valence-electron chi connectivity index (χ3n) is 4.92. The molecule has 2 bridgehead atoms. The van der Waals surface area contributed by atoms with Gasteiger partial charge in [-0.15, -0.1) is 0 Å². The van der Waals surface area contributed by atoms with E-state index < -0.39 is 0 Å². The second-order valence-corrected chi connectivity index (χ2v) is 6.32. The SMILES string of the molecule is O=C(N[C@H]1C[C@@H]2C[C@H]1[C@H](O)C2)c1nc2ccccc2c(=O)[nH]1. The zero-order valence-electron chi connectivity index (χ0n) is 12.0. The average Bonchev–Trinajstić information content (AvgIpc) is 3.06. The largest absolute Gasteiger partial charge is 0.393 e. The van der Waals surface area contributed by atoms with Gasteiger partial charge in [-0.25, -0.2) is 4.98 Å². The molecule has 3 N–H and O–H groups in total. The van der Waals surface area contributed by atoms with Crippen molar-refractivity contribution in [3.8, 4) is 0 Å². The van der Waals surface area contributed by atoms with E-state index in [1.165, 1.54) is 0 Å². The van der Waals surface area contributed by atoms with Gasteiger partial charge >= 0.3 is 0 Å². The van der Waals surface area contributed by atoms with Crippen LogP contribution >= 0.6 is 0 Å². The maximum absolute atomic E-state index is 12.4. The third-order valence-corrected chi connectivity index (χ3v) is 4.92. The van der Waals surface area contributed by atoms with E-state index in [0.717, 1.165) is 19.3 Å². The van der Waals surface area contributed by atoms with Gasteiger partial charge < -0.3 is 15.4 Å². The monoisotopic (exact) mass is 299 g/mol. The smallest absolute Gasteiger partial charge is 0.287 e. The first kappa shape index (κ1) is 13.5. The van der Waals surface area contributed by atoms with Crippen molar-refractivity contribution in [2.75, 3.05) is 0 Å². The second-order valence-electron chi connectivity index (χ2n) is 6.32. The van der Waals surface area contributed by atoms with Gasteiger partial charge in [0, 0.05) is 12.0 Å². The van der Waals surface area contributed by atoms with E-state index in [1.807, 2.05) is 0 Å². The van der Waals surface area contributed by atoms with Crippen molar-refractivity contribution in [2.45, 2.75) is 31.4 Å². The normalized spacial score (nSPS) is 29.9. The Labute approximate surface area is 126 Å². The van der Waals surface area contributed by atoms with E-state index in [4.69, 9.17) is 0 Å². The summed E-state index contributed by atoms with van der Waals surface area (Å²) >= 11 is 0. The molecule has 2 saturated carbocycles. The van der Waals surface area contributed by atoms with Crippen molar-refractivity contribution >= 4 is 16.8 Å². The zero-order valence-corrected chi connectivity index (χ0v) is 12.0. The number of hydrogen-bond acceptors (Lipinski definition) is 4. The average molecular weight is 299 g/mol. The Hall–Kier alpha value is -2.21. The van der Waals surface area contributed by atoms with Gasteiger partial charge in [-0.05, 0) is 37.3 Å². The molecule has 0 saturated heterocycles. The number of aromatic amines is 1. The lowest BCUT2D eigenvalue weighted by molar-refractivity contribution is 0.0771. The van der Waals surface area contributed by atoms with Crippen LogP contribution in [0.25, 0.3) is 10.9 Å². The Balaban J connectivity index is 1.59. The number of nitrogens with one attached hydrogen (secondary N) is 2. The molecule has 1 aromatic heterocycles. The Kier molecular flexibility index (Phi) is 3.00. The molecule has 2 aliphatic rings. The van der Waals surface area contributed by atoms with Gasteiger partial charge in [-0.2, -0.15) is 0 Å². The summed E-state index contributed by atoms with van der Waals surface area (Å²) < 4.78 is 0. The van der Waals surface area contributed by atoms with Crippen molar-refractivity contribution in [1.82, 2.24) is 15.3 Å². The summed E-state index contributed by atoms with van der Waals surface area (Å²) in [5.74, 6) is 0.267. The molecular weight excluding hydrogens is 282 g/mol. The molecule has 0 radical (unpaired) electrons. The number of aromatic nitrogens is 2. The van der Waals surface area contributed by atoms with Crippen LogP contribution in [0.5, 0.6) is 0 Å². The number of aliphatic hydroxyl groups is 1. The topological polar surface area (TPSA) is 95.1 Å². The van der Waals surface area contributed by atoms with Crippen LogP contribution < -0.4 is 10.9 Å². The maximum Gasteiger partial charge on any atom is 0.287 e. The Bertz CT molecular complexity index is 801. The summed E-state index contributed by atoms with van der Waals surface area (Å²) in [4.78, 5) is 31.1. The molecule has 1 heterocycles. The number of hydrogen-bond donors (Lipinski definition) is 3. The molecule has 1 aromatic carbocycles. The number of amides is 1. The highest BCUT2D eigenvalue weighted by Crippen LogP contribution is 2.44. The van der Waals surface area contributed by atoms with Crippen LogP contribution in [-0.4, -0.2) is 33.1 Å².